The minimum absolute atomic E-state index is 0.467. The van der Waals surface area contributed by atoms with Gasteiger partial charge in [-0.25, -0.2) is 4.57 Å². The summed E-state index contributed by atoms with van der Waals surface area (Å²) in [6.07, 6.45) is 4.39. The van der Waals surface area contributed by atoms with Gasteiger partial charge in [0.15, 0.2) is 0 Å². The van der Waals surface area contributed by atoms with Crippen LogP contribution in [-0.4, -0.2) is 10.7 Å². The standard InChI is InChI=1S/C6H5Br2O3P/c7-3-1-5-10-12(9)11-6-2-4-8/h12H,3-4H2. The summed E-state index contributed by atoms with van der Waals surface area (Å²) in [5, 5.41) is 0.935. The SMILES string of the molecule is O=[PH](OC#CCBr)OC#CCBr. The molecule has 66 valence electrons. The zero-order chi connectivity index (χ0) is 9.23. The first-order valence-electron chi connectivity index (χ1n) is 2.76. The van der Waals surface area contributed by atoms with Crippen molar-refractivity contribution in [3.8, 4) is 24.1 Å². The van der Waals surface area contributed by atoms with Crippen molar-refractivity contribution in [2.45, 2.75) is 0 Å². The Labute approximate surface area is 88.4 Å². The highest BCUT2D eigenvalue weighted by Gasteiger charge is 1.91. The number of hydrogen-bond acceptors (Lipinski definition) is 3. The van der Waals surface area contributed by atoms with Crippen LogP contribution in [0.5, 0.6) is 0 Å². The Morgan fingerprint density at radius 1 is 1.08 bits per heavy atom. The lowest BCUT2D eigenvalue weighted by atomic mass is 10.8. The summed E-state index contributed by atoms with van der Waals surface area (Å²) in [4.78, 5) is 0. The summed E-state index contributed by atoms with van der Waals surface area (Å²) in [7, 11) is -2.57. The molecular weight excluding hydrogens is 311 g/mol. The van der Waals surface area contributed by atoms with Crippen molar-refractivity contribution < 1.29 is 13.6 Å². The van der Waals surface area contributed by atoms with E-state index in [0.29, 0.717) is 10.7 Å². The first kappa shape index (κ1) is 11.9. The highest BCUT2D eigenvalue weighted by Crippen LogP contribution is 2.21. The Hall–Kier alpha value is -0.0900. The largest absolute Gasteiger partial charge is 0.435 e. The zero-order valence-electron chi connectivity index (χ0n) is 5.89. The minimum Gasteiger partial charge on any atom is -0.364 e. The molecule has 3 nitrogen and oxygen atoms in total. The third kappa shape index (κ3) is 8.01. The van der Waals surface area contributed by atoms with Gasteiger partial charge in [0.2, 0.25) is 0 Å². The van der Waals surface area contributed by atoms with Crippen LogP contribution in [0, 0.1) is 24.1 Å². The second-order valence-corrected chi connectivity index (χ2v) is 3.31. The molecule has 0 bridgehead atoms. The maximum Gasteiger partial charge on any atom is 0.435 e. The molecule has 0 spiro atoms. The highest BCUT2D eigenvalue weighted by molar-refractivity contribution is 9.09. The van der Waals surface area contributed by atoms with Crippen molar-refractivity contribution >= 4 is 40.1 Å². The van der Waals surface area contributed by atoms with Crippen molar-refractivity contribution in [3.05, 3.63) is 0 Å². The third-order valence-electron chi connectivity index (χ3n) is 0.547. The molecule has 0 amide bonds. The van der Waals surface area contributed by atoms with E-state index in [2.05, 4.69) is 65.0 Å². The Morgan fingerprint density at radius 2 is 1.50 bits per heavy atom. The third-order valence-corrected chi connectivity index (χ3v) is 1.64. The van der Waals surface area contributed by atoms with Crippen LogP contribution in [0.2, 0.25) is 0 Å². The van der Waals surface area contributed by atoms with Crippen molar-refractivity contribution in [3.63, 3.8) is 0 Å². The molecular formula is C6H5Br2O3P. The molecule has 0 aliphatic heterocycles. The van der Waals surface area contributed by atoms with Gasteiger partial charge in [-0.2, -0.15) is 0 Å². The molecule has 0 aromatic rings. The molecule has 12 heavy (non-hydrogen) atoms. The maximum absolute atomic E-state index is 10.7. The second-order valence-electron chi connectivity index (χ2n) is 1.28. The summed E-state index contributed by atoms with van der Waals surface area (Å²) in [5.74, 6) is 5.00. The van der Waals surface area contributed by atoms with E-state index >= 15 is 0 Å². The molecule has 0 aromatic carbocycles. The Morgan fingerprint density at radius 3 is 1.83 bits per heavy atom. The van der Waals surface area contributed by atoms with Crippen LogP contribution in [0.15, 0.2) is 0 Å². The predicted octanol–water partition coefficient (Wildman–Crippen LogP) is 2.12. The highest BCUT2D eigenvalue weighted by atomic mass is 79.9. The lowest BCUT2D eigenvalue weighted by molar-refractivity contribution is 0.383. The summed E-state index contributed by atoms with van der Waals surface area (Å²) >= 11 is 6.09. The maximum atomic E-state index is 10.7. The van der Waals surface area contributed by atoms with Gasteiger partial charge >= 0.3 is 8.25 Å². The van der Waals surface area contributed by atoms with Crippen LogP contribution in [-0.2, 0) is 13.6 Å². The van der Waals surface area contributed by atoms with Gasteiger partial charge < -0.3 is 9.05 Å². The molecule has 0 aliphatic carbocycles. The average molecular weight is 316 g/mol. The molecule has 6 heteroatoms. The molecule has 0 heterocycles. The normalized spacial score (nSPS) is 7.58. The number of alkyl halides is 2. The van der Waals surface area contributed by atoms with Crippen molar-refractivity contribution in [1.29, 1.82) is 0 Å². The summed E-state index contributed by atoms with van der Waals surface area (Å²) in [5.41, 5.74) is 0. The van der Waals surface area contributed by atoms with E-state index in [1.165, 1.54) is 0 Å². The fourth-order valence-electron chi connectivity index (χ4n) is 0.231. The quantitative estimate of drug-likeness (QED) is 0.445. The topological polar surface area (TPSA) is 35.5 Å². The van der Waals surface area contributed by atoms with E-state index < -0.39 is 8.25 Å². The zero-order valence-corrected chi connectivity index (χ0v) is 10.1. The van der Waals surface area contributed by atoms with Crippen LogP contribution in [0.3, 0.4) is 0 Å². The molecule has 0 rings (SSSR count). The molecule has 0 aliphatic rings. The van der Waals surface area contributed by atoms with Crippen molar-refractivity contribution in [1.82, 2.24) is 0 Å². The first-order valence-corrected chi connectivity index (χ1v) is 6.23. The number of halogens is 2. The summed E-state index contributed by atoms with van der Waals surface area (Å²) < 4.78 is 19.6. The van der Waals surface area contributed by atoms with Gasteiger partial charge in [-0.1, -0.05) is 31.9 Å². The van der Waals surface area contributed by atoms with Crippen LogP contribution in [0.4, 0.5) is 0 Å². The number of hydrogen-bond donors (Lipinski definition) is 0. The molecule has 0 atom stereocenters. The molecule has 0 N–H and O–H groups in total. The fraction of sp³-hybridized carbons (Fsp3) is 0.333. The van der Waals surface area contributed by atoms with Gasteiger partial charge in [0.1, 0.15) is 12.2 Å². The van der Waals surface area contributed by atoms with Gasteiger partial charge in [-0.05, 0) is 11.8 Å². The van der Waals surface area contributed by atoms with Crippen LogP contribution >= 0.6 is 40.1 Å². The van der Waals surface area contributed by atoms with E-state index in [0.717, 1.165) is 0 Å². The smallest absolute Gasteiger partial charge is 0.364 e. The van der Waals surface area contributed by atoms with Crippen LogP contribution in [0.25, 0.3) is 0 Å². The van der Waals surface area contributed by atoms with Crippen molar-refractivity contribution in [2.24, 2.45) is 0 Å². The van der Waals surface area contributed by atoms with E-state index in [9.17, 15) is 4.57 Å². The molecule has 0 radical (unpaired) electrons. The van der Waals surface area contributed by atoms with E-state index in [4.69, 9.17) is 0 Å². The molecule has 0 aromatic heterocycles. The van der Waals surface area contributed by atoms with E-state index in [1.807, 2.05) is 0 Å². The van der Waals surface area contributed by atoms with Crippen molar-refractivity contribution in [2.75, 3.05) is 10.7 Å². The van der Waals surface area contributed by atoms with Gasteiger partial charge in [0.05, 0.1) is 10.7 Å². The van der Waals surface area contributed by atoms with Crippen LogP contribution < -0.4 is 0 Å². The fourth-order valence-corrected chi connectivity index (χ4v) is 0.812. The molecule has 0 saturated heterocycles. The van der Waals surface area contributed by atoms with E-state index in [1.54, 1.807) is 0 Å². The Balaban J connectivity index is 3.60. The average Bonchev–Trinajstić information content (AvgIpc) is 2.06. The lowest BCUT2D eigenvalue weighted by Crippen LogP contribution is -1.71. The van der Waals surface area contributed by atoms with Gasteiger partial charge in [0.25, 0.3) is 0 Å². The second kappa shape index (κ2) is 9.00. The molecule has 0 unspecified atom stereocenters. The Kier molecular flexibility index (Phi) is 8.93. The predicted molar refractivity (Wildman–Crippen MR) is 54.3 cm³/mol. The Bertz CT molecular complexity index is 231. The lowest BCUT2D eigenvalue weighted by Gasteiger charge is -1.91. The summed E-state index contributed by atoms with van der Waals surface area (Å²) in [6, 6.07) is 0. The first-order chi connectivity index (χ1) is 5.81. The molecule has 0 saturated carbocycles. The monoisotopic (exact) mass is 314 g/mol. The van der Waals surface area contributed by atoms with Gasteiger partial charge in [-0.3, -0.25) is 0 Å². The van der Waals surface area contributed by atoms with E-state index in [-0.39, 0.29) is 0 Å². The van der Waals surface area contributed by atoms with Crippen LogP contribution in [0.1, 0.15) is 0 Å². The number of rotatable bonds is 2. The van der Waals surface area contributed by atoms with Gasteiger partial charge in [-0.15, -0.1) is 0 Å². The summed E-state index contributed by atoms with van der Waals surface area (Å²) in [6.45, 7) is 0. The van der Waals surface area contributed by atoms with Gasteiger partial charge in [0, 0.05) is 0 Å². The minimum atomic E-state index is -2.57. The molecule has 0 fully saturated rings.